The lowest BCUT2D eigenvalue weighted by Crippen LogP contribution is -2.45. The molecule has 0 bridgehead atoms. The van der Waals surface area contributed by atoms with Crippen LogP contribution >= 0.6 is 12.4 Å². The Balaban J connectivity index is 0.00000192. The molecule has 2 N–H and O–H groups in total. The molecule has 1 aliphatic carbocycles. The van der Waals surface area contributed by atoms with Crippen LogP contribution < -0.4 is 10.6 Å². The second-order valence-corrected chi connectivity index (χ2v) is 7.26. The molecule has 2 atom stereocenters. The van der Waals surface area contributed by atoms with E-state index in [-0.39, 0.29) is 30.1 Å². The smallest absolute Gasteiger partial charge is 0.224 e. The summed E-state index contributed by atoms with van der Waals surface area (Å²) in [7, 11) is 0. The number of piperidine rings is 1. The van der Waals surface area contributed by atoms with Crippen molar-refractivity contribution in [2.75, 3.05) is 32.7 Å². The van der Waals surface area contributed by atoms with E-state index in [4.69, 9.17) is 0 Å². The highest BCUT2D eigenvalue weighted by Gasteiger charge is 2.30. The van der Waals surface area contributed by atoms with Crippen molar-refractivity contribution < 1.29 is 9.59 Å². The lowest BCUT2D eigenvalue weighted by molar-refractivity contribution is -0.136. The van der Waals surface area contributed by atoms with E-state index in [0.717, 1.165) is 45.4 Å². The van der Waals surface area contributed by atoms with Crippen LogP contribution in [0.25, 0.3) is 0 Å². The van der Waals surface area contributed by atoms with E-state index in [9.17, 15) is 9.59 Å². The van der Waals surface area contributed by atoms with Gasteiger partial charge < -0.3 is 15.5 Å². The van der Waals surface area contributed by atoms with Gasteiger partial charge in [-0.2, -0.15) is 0 Å². The molecule has 3 rings (SSSR count). The molecule has 132 valence electrons. The molecular formula is C17H30ClN3O2. The van der Waals surface area contributed by atoms with Crippen LogP contribution in [-0.4, -0.2) is 49.4 Å². The maximum atomic E-state index is 12.4. The van der Waals surface area contributed by atoms with Crippen molar-refractivity contribution in [1.29, 1.82) is 0 Å². The Morgan fingerprint density at radius 1 is 1.13 bits per heavy atom. The van der Waals surface area contributed by atoms with Gasteiger partial charge in [-0.25, -0.2) is 0 Å². The molecule has 3 fully saturated rings. The molecule has 0 aromatic carbocycles. The molecular weight excluding hydrogens is 314 g/mol. The number of likely N-dealkylation sites (tertiary alicyclic amines) is 1. The minimum atomic E-state index is 0. The van der Waals surface area contributed by atoms with Gasteiger partial charge in [0, 0.05) is 26.1 Å². The topological polar surface area (TPSA) is 61.4 Å². The fourth-order valence-corrected chi connectivity index (χ4v) is 3.58. The molecule has 2 heterocycles. The maximum Gasteiger partial charge on any atom is 0.224 e. The summed E-state index contributed by atoms with van der Waals surface area (Å²) in [5.41, 5.74) is 0. The second kappa shape index (κ2) is 8.88. The third-order valence-electron chi connectivity index (χ3n) is 5.34. The van der Waals surface area contributed by atoms with E-state index in [1.165, 1.54) is 19.3 Å². The van der Waals surface area contributed by atoms with Crippen molar-refractivity contribution in [3.63, 3.8) is 0 Å². The average molecular weight is 344 g/mol. The highest BCUT2D eigenvalue weighted by Crippen LogP contribution is 2.28. The zero-order valence-electron chi connectivity index (χ0n) is 13.9. The zero-order valence-corrected chi connectivity index (χ0v) is 14.7. The van der Waals surface area contributed by atoms with Gasteiger partial charge in [0.2, 0.25) is 11.8 Å². The lowest BCUT2D eigenvalue weighted by Gasteiger charge is -2.32. The number of rotatable bonds is 6. The Bertz CT molecular complexity index is 409. The van der Waals surface area contributed by atoms with Crippen molar-refractivity contribution in [1.82, 2.24) is 15.5 Å². The van der Waals surface area contributed by atoms with Crippen molar-refractivity contribution in [2.24, 2.45) is 17.8 Å². The number of carbonyl (C=O) groups is 2. The first-order chi connectivity index (χ1) is 10.7. The van der Waals surface area contributed by atoms with Crippen LogP contribution in [0.5, 0.6) is 0 Å². The highest BCUT2D eigenvalue weighted by molar-refractivity contribution is 5.85. The first-order valence-corrected chi connectivity index (χ1v) is 8.98. The van der Waals surface area contributed by atoms with E-state index in [0.29, 0.717) is 24.8 Å². The maximum absolute atomic E-state index is 12.4. The first-order valence-electron chi connectivity index (χ1n) is 8.98. The summed E-state index contributed by atoms with van der Waals surface area (Å²) in [6.45, 7) is 4.43. The van der Waals surface area contributed by atoms with Gasteiger partial charge in [-0.15, -0.1) is 12.4 Å². The Morgan fingerprint density at radius 3 is 2.65 bits per heavy atom. The number of amides is 2. The Kier molecular flexibility index (Phi) is 7.15. The predicted octanol–water partition coefficient (Wildman–Crippen LogP) is 1.56. The number of hydrogen-bond acceptors (Lipinski definition) is 3. The molecule has 3 aliphatic rings. The Hall–Kier alpha value is -0.810. The van der Waals surface area contributed by atoms with Gasteiger partial charge in [-0.3, -0.25) is 9.59 Å². The van der Waals surface area contributed by atoms with Gasteiger partial charge >= 0.3 is 0 Å². The summed E-state index contributed by atoms with van der Waals surface area (Å²) in [4.78, 5) is 26.5. The minimum Gasteiger partial charge on any atom is -0.356 e. The van der Waals surface area contributed by atoms with E-state index >= 15 is 0 Å². The highest BCUT2D eigenvalue weighted by atomic mass is 35.5. The molecule has 5 nitrogen and oxygen atoms in total. The summed E-state index contributed by atoms with van der Waals surface area (Å²) in [5, 5.41) is 6.41. The summed E-state index contributed by atoms with van der Waals surface area (Å²) < 4.78 is 0. The van der Waals surface area contributed by atoms with Crippen LogP contribution in [-0.2, 0) is 9.59 Å². The Labute approximate surface area is 145 Å². The summed E-state index contributed by atoms with van der Waals surface area (Å²) in [5.74, 6) is 1.78. The molecule has 0 radical (unpaired) electrons. The van der Waals surface area contributed by atoms with Crippen LogP contribution in [0, 0.1) is 17.8 Å². The molecule has 6 heteroatoms. The molecule has 2 saturated heterocycles. The van der Waals surface area contributed by atoms with Crippen LogP contribution in [0.3, 0.4) is 0 Å². The second-order valence-electron chi connectivity index (χ2n) is 7.26. The standard InChI is InChI=1S/C17H29N3O2.ClH/c21-16(6-5-14-7-8-18-10-14)20-9-1-2-15(12-20)17(22)19-11-13-3-4-13;/h13-15,18H,1-12H2,(H,19,22);1H. The molecule has 1 saturated carbocycles. The molecule has 2 amide bonds. The quantitative estimate of drug-likeness (QED) is 0.769. The number of hydrogen-bond donors (Lipinski definition) is 2. The van der Waals surface area contributed by atoms with Crippen LogP contribution in [0.1, 0.15) is 44.9 Å². The normalized spacial score (nSPS) is 27.4. The van der Waals surface area contributed by atoms with E-state index in [1.54, 1.807) is 0 Å². The van der Waals surface area contributed by atoms with Crippen LogP contribution in [0.15, 0.2) is 0 Å². The molecule has 23 heavy (non-hydrogen) atoms. The van der Waals surface area contributed by atoms with Gasteiger partial charge in [0.05, 0.1) is 5.92 Å². The summed E-state index contributed by atoms with van der Waals surface area (Å²) in [6.07, 6.45) is 7.21. The lowest BCUT2D eigenvalue weighted by atomic mass is 9.96. The largest absolute Gasteiger partial charge is 0.356 e. The third kappa shape index (κ3) is 5.64. The van der Waals surface area contributed by atoms with Crippen molar-refractivity contribution in [3.8, 4) is 0 Å². The van der Waals surface area contributed by atoms with Gasteiger partial charge in [-0.05, 0) is 63.5 Å². The van der Waals surface area contributed by atoms with E-state index in [2.05, 4.69) is 10.6 Å². The number of nitrogens with one attached hydrogen (secondary N) is 2. The number of halogens is 1. The van der Waals surface area contributed by atoms with Gasteiger partial charge in [0.25, 0.3) is 0 Å². The summed E-state index contributed by atoms with van der Waals surface area (Å²) in [6, 6.07) is 0. The van der Waals surface area contributed by atoms with Crippen molar-refractivity contribution in [2.45, 2.75) is 44.9 Å². The molecule has 0 aromatic rings. The van der Waals surface area contributed by atoms with Crippen molar-refractivity contribution >= 4 is 24.2 Å². The van der Waals surface area contributed by atoms with E-state index < -0.39 is 0 Å². The molecule has 0 aromatic heterocycles. The van der Waals surface area contributed by atoms with Crippen molar-refractivity contribution in [3.05, 3.63) is 0 Å². The first kappa shape index (κ1) is 18.5. The third-order valence-corrected chi connectivity index (χ3v) is 5.34. The fourth-order valence-electron chi connectivity index (χ4n) is 3.58. The van der Waals surface area contributed by atoms with Gasteiger partial charge in [-0.1, -0.05) is 0 Å². The summed E-state index contributed by atoms with van der Waals surface area (Å²) >= 11 is 0. The minimum absolute atomic E-state index is 0. The van der Waals surface area contributed by atoms with E-state index in [1.807, 2.05) is 4.90 Å². The Morgan fingerprint density at radius 2 is 1.96 bits per heavy atom. The predicted molar refractivity (Wildman–Crippen MR) is 92.5 cm³/mol. The van der Waals surface area contributed by atoms with Gasteiger partial charge in [0.1, 0.15) is 0 Å². The van der Waals surface area contributed by atoms with Gasteiger partial charge in [0.15, 0.2) is 0 Å². The number of nitrogens with zero attached hydrogens (tertiary/aromatic N) is 1. The number of carbonyl (C=O) groups excluding carboxylic acids is 2. The molecule has 2 unspecified atom stereocenters. The zero-order chi connectivity index (χ0) is 15.4. The molecule has 2 aliphatic heterocycles. The SMILES string of the molecule is Cl.O=C(NCC1CC1)C1CCCN(C(=O)CCC2CCNC2)C1. The molecule has 0 spiro atoms. The van der Waals surface area contributed by atoms with Crippen LogP contribution in [0.2, 0.25) is 0 Å². The monoisotopic (exact) mass is 343 g/mol. The van der Waals surface area contributed by atoms with Crippen LogP contribution in [0.4, 0.5) is 0 Å². The fraction of sp³-hybridized carbons (Fsp3) is 0.882. The average Bonchev–Trinajstić information content (AvgIpc) is 3.24.